The summed E-state index contributed by atoms with van der Waals surface area (Å²) < 4.78 is 0. The lowest BCUT2D eigenvalue weighted by Crippen LogP contribution is -2.24. The van der Waals surface area contributed by atoms with E-state index in [1.807, 2.05) is 19.9 Å². The summed E-state index contributed by atoms with van der Waals surface area (Å²) in [6.07, 6.45) is 1.36. The molecule has 0 atom stereocenters. The molecular weight excluding hydrogens is 276 g/mol. The molecule has 112 valence electrons. The lowest BCUT2D eigenvalue weighted by Gasteiger charge is -2.23. The molecule has 0 amide bonds. The topological polar surface area (TPSA) is 54.4 Å². The first-order valence-corrected chi connectivity index (χ1v) is 7.48. The second-order valence-corrected chi connectivity index (χ2v) is 5.76. The van der Waals surface area contributed by atoms with Crippen molar-refractivity contribution >= 4 is 11.6 Å². The minimum Gasteiger partial charge on any atom is -0.396 e. The summed E-state index contributed by atoms with van der Waals surface area (Å²) in [5.74, 6) is -0.142. The molecule has 3 rings (SSSR count). The number of aryl methyl sites for hydroxylation is 2. The normalized spacial score (nSPS) is 13.0. The highest BCUT2D eigenvalue weighted by atomic mass is 16.2. The molecule has 0 heterocycles. The van der Waals surface area contributed by atoms with Crippen molar-refractivity contribution in [3.05, 3.63) is 69.3 Å². The van der Waals surface area contributed by atoms with Gasteiger partial charge in [-0.2, -0.15) is 0 Å². The smallest absolute Gasteiger partial charge is 0.194 e. The molecule has 0 unspecified atom stereocenters. The summed E-state index contributed by atoms with van der Waals surface area (Å²) in [5.41, 5.74) is 4.78. The summed E-state index contributed by atoms with van der Waals surface area (Å²) in [6, 6.07) is 8.98. The molecule has 0 saturated carbocycles. The molecule has 1 aliphatic rings. The maximum absolute atomic E-state index is 12.9. The van der Waals surface area contributed by atoms with Gasteiger partial charge >= 0.3 is 0 Å². The largest absolute Gasteiger partial charge is 0.396 e. The number of rotatable bonds is 3. The predicted octanol–water partition coefficient (Wildman–Crippen LogP) is 3.00. The third-order valence-electron chi connectivity index (χ3n) is 4.37. The molecule has 0 bridgehead atoms. The minimum absolute atomic E-state index is 0.0699. The Kier molecular flexibility index (Phi) is 3.67. The number of aliphatic hydroxyl groups is 1. The second-order valence-electron chi connectivity index (χ2n) is 5.76. The van der Waals surface area contributed by atoms with Crippen molar-refractivity contribution in [1.82, 2.24) is 0 Å². The Morgan fingerprint density at radius 2 is 1.55 bits per heavy atom. The lowest BCUT2D eigenvalue weighted by atomic mass is 9.78. The van der Waals surface area contributed by atoms with Crippen LogP contribution in [0, 0.1) is 13.8 Å². The van der Waals surface area contributed by atoms with Crippen molar-refractivity contribution in [2.24, 2.45) is 0 Å². The molecule has 0 aliphatic heterocycles. The van der Waals surface area contributed by atoms with Crippen LogP contribution in [-0.4, -0.2) is 23.3 Å². The van der Waals surface area contributed by atoms with Crippen LogP contribution in [0.5, 0.6) is 0 Å². The van der Waals surface area contributed by atoms with Gasteiger partial charge in [0, 0.05) is 28.9 Å². The van der Waals surface area contributed by atoms with E-state index in [-0.39, 0.29) is 18.2 Å². The molecule has 0 radical (unpaired) electrons. The van der Waals surface area contributed by atoms with E-state index in [0.717, 1.165) is 16.7 Å². The second kappa shape index (κ2) is 5.50. The van der Waals surface area contributed by atoms with E-state index in [0.29, 0.717) is 35.1 Å². The zero-order valence-corrected chi connectivity index (χ0v) is 12.8. The van der Waals surface area contributed by atoms with Gasteiger partial charge in [-0.15, -0.1) is 0 Å². The average molecular weight is 294 g/mol. The zero-order valence-electron chi connectivity index (χ0n) is 12.8. The number of carbonyl (C=O) groups is 2. The quantitative estimate of drug-likeness (QED) is 0.808. The van der Waals surface area contributed by atoms with E-state index in [9.17, 15) is 9.59 Å². The van der Waals surface area contributed by atoms with Gasteiger partial charge in [-0.05, 0) is 43.4 Å². The SMILES string of the molecule is Cc1cc(CCCO)c(C)c2c1C(=O)c1ccccc1C2=O. The van der Waals surface area contributed by atoms with Crippen molar-refractivity contribution < 1.29 is 14.7 Å². The van der Waals surface area contributed by atoms with E-state index in [1.165, 1.54) is 0 Å². The summed E-state index contributed by atoms with van der Waals surface area (Å²) in [5, 5.41) is 9.03. The van der Waals surface area contributed by atoms with Gasteiger partial charge in [-0.3, -0.25) is 9.59 Å². The fourth-order valence-electron chi connectivity index (χ4n) is 3.24. The zero-order chi connectivity index (χ0) is 15.9. The minimum atomic E-state index is -0.0725. The Morgan fingerprint density at radius 1 is 0.955 bits per heavy atom. The number of fused-ring (bicyclic) bond motifs is 2. The highest BCUT2D eigenvalue weighted by molar-refractivity contribution is 6.29. The Morgan fingerprint density at radius 3 is 2.14 bits per heavy atom. The molecule has 0 spiro atoms. The van der Waals surface area contributed by atoms with Crippen LogP contribution in [0.4, 0.5) is 0 Å². The van der Waals surface area contributed by atoms with Crippen molar-refractivity contribution in [3.8, 4) is 0 Å². The van der Waals surface area contributed by atoms with Gasteiger partial charge in [0.2, 0.25) is 0 Å². The monoisotopic (exact) mass is 294 g/mol. The first-order valence-electron chi connectivity index (χ1n) is 7.48. The number of ketones is 2. The Balaban J connectivity index is 2.24. The molecule has 0 fully saturated rings. The number of hydrogen-bond donors (Lipinski definition) is 1. The third-order valence-corrected chi connectivity index (χ3v) is 4.37. The average Bonchev–Trinajstić information content (AvgIpc) is 2.53. The van der Waals surface area contributed by atoms with Gasteiger partial charge in [0.25, 0.3) is 0 Å². The Bertz CT molecular complexity index is 788. The molecule has 22 heavy (non-hydrogen) atoms. The fourth-order valence-corrected chi connectivity index (χ4v) is 3.24. The molecule has 2 aromatic carbocycles. The lowest BCUT2D eigenvalue weighted by molar-refractivity contribution is 0.0978. The highest BCUT2D eigenvalue weighted by Gasteiger charge is 2.32. The molecule has 1 aliphatic carbocycles. The van der Waals surface area contributed by atoms with Gasteiger partial charge < -0.3 is 5.11 Å². The number of carbonyl (C=O) groups excluding carboxylic acids is 2. The van der Waals surface area contributed by atoms with Gasteiger partial charge in [0.05, 0.1) is 0 Å². The maximum Gasteiger partial charge on any atom is 0.194 e. The molecular formula is C19H18O3. The van der Waals surface area contributed by atoms with E-state index in [4.69, 9.17) is 5.11 Å². The van der Waals surface area contributed by atoms with Crippen molar-refractivity contribution in [1.29, 1.82) is 0 Å². The third kappa shape index (κ3) is 2.09. The molecule has 1 N–H and O–H groups in total. The molecule has 3 heteroatoms. The van der Waals surface area contributed by atoms with Crippen LogP contribution in [0.15, 0.2) is 30.3 Å². The Labute approximate surface area is 129 Å². The van der Waals surface area contributed by atoms with Crippen LogP contribution < -0.4 is 0 Å². The van der Waals surface area contributed by atoms with Crippen LogP contribution in [0.1, 0.15) is 55.0 Å². The van der Waals surface area contributed by atoms with Gasteiger partial charge in [0.15, 0.2) is 11.6 Å². The number of aliphatic hydroxyl groups excluding tert-OH is 1. The van der Waals surface area contributed by atoms with Crippen molar-refractivity contribution in [2.45, 2.75) is 26.7 Å². The summed E-state index contributed by atoms with van der Waals surface area (Å²) >= 11 is 0. The fraction of sp³-hybridized carbons (Fsp3) is 0.263. The van der Waals surface area contributed by atoms with Crippen molar-refractivity contribution in [2.75, 3.05) is 6.61 Å². The van der Waals surface area contributed by atoms with Gasteiger partial charge in [-0.1, -0.05) is 30.3 Å². The molecule has 0 aromatic heterocycles. The molecule has 3 nitrogen and oxygen atoms in total. The standard InChI is InChI=1S/C19H18O3/c1-11-10-13(6-5-9-20)12(2)17-16(11)18(21)14-7-3-4-8-15(14)19(17)22/h3-4,7-8,10,20H,5-6,9H2,1-2H3. The summed E-state index contributed by atoms with van der Waals surface area (Å²) in [6.45, 7) is 3.88. The van der Waals surface area contributed by atoms with Crippen LogP contribution in [-0.2, 0) is 6.42 Å². The molecule has 2 aromatic rings. The van der Waals surface area contributed by atoms with E-state index in [1.54, 1.807) is 24.3 Å². The van der Waals surface area contributed by atoms with Crippen molar-refractivity contribution in [3.63, 3.8) is 0 Å². The summed E-state index contributed by atoms with van der Waals surface area (Å²) in [4.78, 5) is 25.6. The number of benzene rings is 2. The summed E-state index contributed by atoms with van der Waals surface area (Å²) in [7, 11) is 0. The van der Waals surface area contributed by atoms with Gasteiger partial charge in [-0.25, -0.2) is 0 Å². The Hall–Kier alpha value is -2.26. The van der Waals surface area contributed by atoms with Crippen LogP contribution in [0.25, 0.3) is 0 Å². The first kappa shape index (κ1) is 14.7. The highest BCUT2D eigenvalue weighted by Crippen LogP contribution is 2.33. The number of hydrogen-bond acceptors (Lipinski definition) is 3. The van der Waals surface area contributed by atoms with Crippen LogP contribution >= 0.6 is 0 Å². The predicted molar refractivity (Wildman–Crippen MR) is 84.6 cm³/mol. The maximum atomic E-state index is 12.9. The van der Waals surface area contributed by atoms with Crippen LogP contribution in [0.2, 0.25) is 0 Å². The molecule has 0 saturated heterocycles. The van der Waals surface area contributed by atoms with Gasteiger partial charge in [0.1, 0.15) is 0 Å². The van der Waals surface area contributed by atoms with E-state index < -0.39 is 0 Å². The first-order chi connectivity index (χ1) is 10.6. The van der Waals surface area contributed by atoms with Crippen LogP contribution in [0.3, 0.4) is 0 Å². The van der Waals surface area contributed by atoms with E-state index >= 15 is 0 Å². The van der Waals surface area contributed by atoms with E-state index in [2.05, 4.69) is 0 Å².